The Morgan fingerprint density at radius 1 is 0.667 bits per heavy atom. The standard InChI is InChI=1S/C28H32O5/c1-21-27(31-18-23-13-7-3-8-14-23)28(32-19-24-15-9-4-10-16-24)26(29)25(33-21)20-30-17-22-11-5-2-6-12-22/h2-16,21,25-29H,17-20H2,1H3/t21-,25-,26-,27-,28+/m1/s1. The molecule has 1 heterocycles. The second-order valence-corrected chi connectivity index (χ2v) is 8.39. The van der Waals surface area contributed by atoms with Crippen LogP contribution in [0.5, 0.6) is 0 Å². The van der Waals surface area contributed by atoms with Crippen molar-refractivity contribution in [3.63, 3.8) is 0 Å². The quantitative estimate of drug-likeness (QED) is 0.494. The van der Waals surface area contributed by atoms with Gasteiger partial charge in [-0.1, -0.05) is 91.0 Å². The predicted molar refractivity (Wildman–Crippen MR) is 126 cm³/mol. The van der Waals surface area contributed by atoms with E-state index >= 15 is 0 Å². The Morgan fingerprint density at radius 2 is 1.12 bits per heavy atom. The summed E-state index contributed by atoms with van der Waals surface area (Å²) in [6.45, 7) is 3.51. The van der Waals surface area contributed by atoms with Crippen LogP contribution in [-0.4, -0.2) is 42.2 Å². The molecular formula is C28H32O5. The highest BCUT2D eigenvalue weighted by Crippen LogP contribution is 2.28. The fraction of sp³-hybridized carbons (Fsp3) is 0.357. The Bertz CT molecular complexity index is 934. The van der Waals surface area contributed by atoms with E-state index in [2.05, 4.69) is 0 Å². The SMILES string of the molecule is C[C@H]1O[C@H](COCc2ccccc2)[C@@H](O)[C@H](OCc2ccccc2)[C@@H]1OCc1ccccc1. The van der Waals surface area contributed by atoms with Crippen molar-refractivity contribution in [1.82, 2.24) is 0 Å². The van der Waals surface area contributed by atoms with Crippen LogP contribution in [-0.2, 0) is 38.8 Å². The number of hydrogen-bond acceptors (Lipinski definition) is 5. The molecule has 4 rings (SSSR count). The normalized spacial score (nSPS) is 25.1. The number of rotatable bonds is 10. The van der Waals surface area contributed by atoms with Gasteiger partial charge in [-0.05, 0) is 23.6 Å². The Kier molecular flexibility index (Phi) is 8.64. The predicted octanol–water partition coefficient (Wildman–Crippen LogP) is 4.52. The van der Waals surface area contributed by atoms with Gasteiger partial charge in [-0.25, -0.2) is 0 Å². The summed E-state index contributed by atoms with van der Waals surface area (Å²) >= 11 is 0. The van der Waals surface area contributed by atoms with Gasteiger partial charge in [0, 0.05) is 0 Å². The fourth-order valence-corrected chi connectivity index (χ4v) is 4.07. The largest absolute Gasteiger partial charge is 0.387 e. The smallest absolute Gasteiger partial charge is 0.115 e. The average Bonchev–Trinajstić information content (AvgIpc) is 2.86. The van der Waals surface area contributed by atoms with Crippen molar-refractivity contribution >= 4 is 0 Å². The Hall–Kier alpha value is -2.54. The Labute approximate surface area is 195 Å². The molecule has 3 aromatic carbocycles. The van der Waals surface area contributed by atoms with Crippen LogP contribution in [0.25, 0.3) is 0 Å². The van der Waals surface area contributed by atoms with Gasteiger partial charge >= 0.3 is 0 Å². The maximum atomic E-state index is 11.2. The summed E-state index contributed by atoms with van der Waals surface area (Å²) in [6.07, 6.45) is -2.58. The molecule has 0 amide bonds. The summed E-state index contributed by atoms with van der Waals surface area (Å²) in [5.41, 5.74) is 3.19. The van der Waals surface area contributed by atoms with Crippen LogP contribution in [0.4, 0.5) is 0 Å². The zero-order chi connectivity index (χ0) is 22.9. The Morgan fingerprint density at radius 3 is 1.64 bits per heavy atom. The van der Waals surface area contributed by atoms with E-state index in [4.69, 9.17) is 18.9 Å². The van der Waals surface area contributed by atoms with Crippen LogP contribution in [0.3, 0.4) is 0 Å². The zero-order valence-corrected chi connectivity index (χ0v) is 19.0. The van der Waals surface area contributed by atoms with E-state index in [9.17, 15) is 5.11 Å². The highest BCUT2D eigenvalue weighted by atomic mass is 16.6. The molecule has 1 N–H and O–H groups in total. The van der Waals surface area contributed by atoms with Gasteiger partial charge in [0.05, 0.1) is 32.5 Å². The molecule has 0 spiro atoms. The molecule has 174 valence electrons. The van der Waals surface area contributed by atoms with Gasteiger partial charge < -0.3 is 24.1 Å². The number of aliphatic hydroxyl groups excluding tert-OH is 1. The van der Waals surface area contributed by atoms with E-state index in [1.807, 2.05) is 97.9 Å². The first-order valence-corrected chi connectivity index (χ1v) is 11.5. The third kappa shape index (κ3) is 6.73. The van der Waals surface area contributed by atoms with E-state index in [1.165, 1.54) is 0 Å². The molecule has 0 radical (unpaired) electrons. The summed E-state index contributed by atoms with van der Waals surface area (Å²) in [5, 5.41) is 11.2. The van der Waals surface area contributed by atoms with E-state index in [0.717, 1.165) is 16.7 Å². The van der Waals surface area contributed by atoms with Gasteiger partial charge in [0.25, 0.3) is 0 Å². The van der Waals surface area contributed by atoms with Crippen LogP contribution < -0.4 is 0 Å². The monoisotopic (exact) mass is 448 g/mol. The number of hydrogen-bond donors (Lipinski definition) is 1. The van der Waals surface area contributed by atoms with Crippen LogP contribution >= 0.6 is 0 Å². The van der Waals surface area contributed by atoms with Gasteiger partial charge in [-0.2, -0.15) is 0 Å². The van der Waals surface area contributed by atoms with Crippen molar-refractivity contribution in [3.05, 3.63) is 108 Å². The van der Waals surface area contributed by atoms with Crippen molar-refractivity contribution < 1.29 is 24.1 Å². The molecule has 33 heavy (non-hydrogen) atoms. The second-order valence-electron chi connectivity index (χ2n) is 8.39. The van der Waals surface area contributed by atoms with Crippen LogP contribution in [0.2, 0.25) is 0 Å². The van der Waals surface area contributed by atoms with Crippen molar-refractivity contribution in [2.45, 2.75) is 57.3 Å². The molecule has 1 aliphatic rings. The molecule has 1 saturated heterocycles. The first-order chi connectivity index (χ1) is 16.2. The van der Waals surface area contributed by atoms with Gasteiger partial charge in [0.15, 0.2) is 0 Å². The molecule has 0 aromatic heterocycles. The lowest BCUT2D eigenvalue weighted by atomic mass is 9.95. The highest BCUT2D eigenvalue weighted by Gasteiger charge is 2.45. The number of aliphatic hydroxyl groups is 1. The van der Waals surface area contributed by atoms with Crippen molar-refractivity contribution in [2.75, 3.05) is 6.61 Å². The summed E-state index contributed by atoms with van der Waals surface area (Å²) in [7, 11) is 0. The average molecular weight is 449 g/mol. The minimum atomic E-state index is -0.874. The van der Waals surface area contributed by atoms with Gasteiger partial charge in [0.1, 0.15) is 24.4 Å². The molecule has 5 heteroatoms. The first kappa shape index (κ1) is 23.6. The van der Waals surface area contributed by atoms with Crippen molar-refractivity contribution in [1.29, 1.82) is 0 Å². The lowest BCUT2D eigenvalue weighted by molar-refractivity contribution is -0.256. The third-order valence-corrected chi connectivity index (χ3v) is 5.86. The summed E-state index contributed by atoms with van der Waals surface area (Å²) in [5.74, 6) is 0. The van der Waals surface area contributed by atoms with E-state index in [-0.39, 0.29) is 12.7 Å². The third-order valence-electron chi connectivity index (χ3n) is 5.86. The maximum absolute atomic E-state index is 11.2. The highest BCUT2D eigenvalue weighted by molar-refractivity contribution is 5.15. The minimum Gasteiger partial charge on any atom is -0.387 e. The lowest BCUT2D eigenvalue weighted by Gasteiger charge is -2.43. The Balaban J connectivity index is 1.41. The maximum Gasteiger partial charge on any atom is 0.115 e. The topological polar surface area (TPSA) is 57.2 Å². The molecule has 3 aromatic rings. The van der Waals surface area contributed by atoms with E-state index in [0.29, 0.717) is 19.8 Å². The van der Waals surface area contributed by atoms with Crippen LogP contribution in [0.15, 0.2) is 91.0 Å². The molecule has 1 fully saturated rings. The van der Waals surface area contributed by atoms with Gasteiger partial charge in [0.2, 0.25) is 0 Å². The number of ether oxygens (including phenoxy) is 4. The van der Waals surface area contributed by atoms with E-state index < -0.39 is 24.4 Å². The van der Waals surface area contributed by atoms with Crippen molar-refractivity contribution in [2.24, 2.45) is 0 Å². The van der Waals surface area contributed by atoms with E-state index in [1.54, 1.807) is 0 Å². The summed E-state index contributed by atoms with van der Waals surface area (Å²) < 4.78 is 24.5. The molecule has 0 bridgehead atoms. The van der Waals surface area contributed by atoms with Gasteiger partial charge in [-0.15, -0.1) is 0 Å². The molecule has 5 atom stereocenters. The molecular weight excluding hydrogens is 416 g/mol. The fourth-order valence-electron chi connectivity index (χ4n) is 4.07. The molecule has 5 nitrogen and oxygen atoms in total. The van der Waals surface area contributed by atoms with Crippen LogP contribution in [0.1, 0.15) is 23.6 Å². The zero-order valence-electron chi connectivity index (χ0n) is 19.0. The summed E-state index contributed by atoms with van der Waals surface area (Å²) in [6, 6.07) is 29.9. The second kappa shape index (κ2) is 12.1. The molecule has 0 saturated carbocycles. The molecule has 1 aliphatic heterocycles. The van der Waals surface area contributed by atoms with Crippen molar-refractivity contribution in [3.8, 4) is 0 Å². The van der Waals surface area contributed by atoms with Crippen LogP contribution in [0, 0.1) is 0 Å². The molecule has 0 unspecified atom stereocenters. The molecule has 0 aliphatic carbocycles. The minimum absolute atomic E-state index is 0.261. The summed E-state index contributed by atoms with van der Waals surface area (Å²) in [4.78, 5) is 0. The lowest BCUT2D eigenvalue weighted by Crippen LogP contribution is -2.59. The first-order valence-electron chi connectivity index (χ1n) is 11.5. The van der Waals surface area contributed by atoms with Gasteiger partial charge in [-0.3, -0.25) is 0 Å². The number of benzene rings is 3.